The standard InChI is InChI=1S/C23H26N4O3/c1-14(2)22(29)24-18-10-7-16(4)19(13-18)25-20(28)11-12-21-26-27-23(30-21)17-8-5-15(3)6-9-17/h5-10,13-14H,11-12H2,1-4H3,(H,24,29)(H,25,28). The van der Waals surface area contributed by atoms with E-state index in [1.807, 2.05) is 64.1 Å². The highest BCUT2D eigenvalue weighted by Gasteiger charge is 2.13. The minimum atomic E-state index is -0.166. The van der Waals surface area contributed by atoms with Crippen molar-refractivity contribution in [1.29, 1.82) is 0 Å². The van der Waals surface area contributed by atoms with Gasteiger partial charge in [0.2, 0.25) is 23.6 Å². The zero-order chi connectivity index (χ0) is 21.7. The SMILES string of the molecule is Cc1ccc(-c2nnc(CCC(=O)Nc3cc(NC(=O)C(C)C)ccc3C)o2)cc1. The summed E-state index contributed by atoms with van der Waals surface area (Å²) in [6, 6.07) is 13.2. The number of nitrogens with zero attached hydrogens (tertiary/aromatic N) is 2. The average Bonchev–Trinajstić information content (AvgIpc) is 3.18. The molecule has 0 saturated carbocycles. The summed E-state index contributed by atoms with van der Waals surface area (Å²) < 4.78 is 5.67. The monoisotopic (exact) mass is 406 g/mol. The highest BCUT2D eigenvalue weighted by molar-refractivity contribution is 5.95. The molecule has 0 saturated heterocycles. The molecule has 0 aliphatic heterocycles. The number of carbonyl (C=O) groups is 2. The topological polar surface area (TPSA) is 97.1 Å². The zero-order valence-electron chi connectivity index (χ0n) is 17.7. The molecule has 7 nitrogen and oxygen atoms in total. The summed E-state index contributed by atoms with van der Waals surface area (Å²) in [7, 11) is 0. The van der Waals surface area contributed by atoms with Crippen molar-refractivity contribution < 1.29 is 14.0 Å². The lowest BCUT2D eigenvalue weighted by molar-refractivity contribution is -0.119. The Morgan fingerprint density at radius 1 is 1.00 bits per heavy atom. The van der Waals surface area contributed by atoms with Gasteiger partial charge in [-0.15, -0.1) is 10.2 Å². The normalized spacial score (nSPS) is 10.8. The van der Waals surface area contributed by atoms with E-state index in [1.165, 1.54) is 0 Å². The highest BCUT2D eigenvalue weighted by atomic mass is 16.4. The zero-order valence-corrected chi connectivity index (χ0v) is 17.7. The second-order valence-electron chi connectivity index (χ2n) is 7.59. The molecule has 1 aromatic heterocycles. The fourth-order valence-electron chi connectivity index (χ4n) is 2.72. The van der Waals surface area contributed by atoms with Gasteiger partial charge in [0.15, 0.2) is 0 Å². The van der Waals surface area contributed by atoms with Gasteiger partial charge in [0.05, 0.1) is 0 Å². The van der Waals surface area contributed by atoms with Gasteiger partial charge >= 0.3 is 0 Å². The van der Waals surface area contributed by atoms with E-state index in [9.17, 15) is 9.59 Å². The molecule has 3 aromatic rings. The lowest BCUT2D eigenvalue weighted by atomic mass is 10.1. The molecule has 30 heavy (non-hydrogen) atoms. The molecule has 0 atom stereocenters. The Bertz CT molecular complexity index is 1040. The van der Waals surface area contributed by atoms with Crippen LogP contribution >= 0.6 is 0 Å². The van der Waals surface area contributed by atoms with Crippen LogP contribution in [0.15, 0.2) is 46.9 Å². The van der Waals surface area contributed by atoms with E-state index >= 15 is 0 Å². The molecule has 2 amide bonds. The molecule has 0 aliphatic carbocycles. The molecule has 7 heteroatoms. The van der Waals surface area contributed by atoms with Gasteiger partial charge in [-0.2, -0.15) is 0 Å². The molecule has 1 heterocycles. The van der Waals surface area contributed by atoms with Gasteiger partial charge in [0, 0.05) is 35.7 Å². The first-order valence-electron chi connectivity index (χ1n) is 9.92. The number of aryl methyl sites for hydroxylation is 3. The second kappa shape index (κ2) is 9.35. The van der Waals surface area contributed by atoms with E-state index in [1.54, 1.807) is 6.07 Å². The van der Waals surface area contributed by atoms with Crippen LogP contribution in [0.4, 0.5) is 11.4 Å². The molecular formula is C23H26N4O3. The Morgan fingerprint density at radius 3 is 2.43 bits per heavy atom. The number of aromatic nitrogens is 2. The molecule has 156 valence electrons. The molecule has 0 fully saturated rings. The van der Waals surface area contributed by atoms with Gasteiger partial charge < -0.3 is 15.1 Å². The number of hydrogen-bond donors (Lipinski definition) is 2. The highest BCUT2D eigenvalue weighted by Crippen LogP contribution is 2.22. The van der Waals surface area contributed by atoms with Crippen molar-refractivity contribution in [2.75, 3.05) is 10.6 Å². The Labute approximate surface area is 175 Å². The van der Waals surface area contributed by atoms with E-state index in [2.05, 4.69) is 20.8 Å². The van der Waals surface area contributed by atoms with Crippen molar-refractivity contribution in [3.8, 4) is 11.5 Å². The van der Waals surface area contributed by atoms with Crippen molar-refractivity contribution in [3.63, 3.8) is 0 Å². The van der Waals surface area contributed by atoms with Gasteiger partial charge in [-0.05, 0) is 43.7 Å². The van der Waals surface area contributed by atoms with Crippen LogP contribution in [-0.2, 0) is 16.0 Å². The summed E-state index contributed by atoms with van der Waals surface area (Å²) in [6.07, 6.45) is 0.547. The molecule has 2 aromatic carbocycles. The first-order chi connectivity index (χ1) is 14.3. The number of rotatable bonds is 7. The van der Waals surface area contributed by atoms with Crippen LogP contribution in [0, 0.1) is 19.8 Å². The van der Waals surface area contributed by atoms with Crippen molar-refractivity contribution in [2.45, 2.75) is 40.5 Å². The summed E-state index contributed by atoms with van der Waals surface area (Å²) in [4.78, 5) is 24.3. The van der Waals surface area contributed by atoms with Crippen LogP contribution in [0.2, 0.25) is 0 Å². The molecule has 0 spiro atoms. The van der Waals surface area contributed by atoms with Crippen LogP contribution in [-0.4, -0.2) is 22.0 Å². The fourth-order valence-corrected chi connectivity index (χ4v) is 2.72. The summed E-state index contributed by atoms with van der Waals surface area (Å²) in [5, 5.41) is 13.8. The lowest BCUT2D eigenvalue weighted by Crippen LogP contribution is -2.18. The van der Waals surface area contributed by atoms with Crippen LogP contribution < -0.4 is 10.6 Å². The van der Waals surface area contributed by atoms with E-state index in [4.69, 9.17) is 4.42 Å². The Hall–Kier alpha value is -3.48. The first-order valence-corrected chi connectivity index (χ1v) is 9.92. The average molecular weight is 406 g/mol. The third-order valence-electron chi connectivity index (χ3n) is 4.63. The Balaban J connectivity index is 1.58. The van der Waals surface area contributed by atoms with Crippen LogP contribution in [0.25, 0.3) is 11.5 Å². The summed E-state index contributed by atoms with van der Waals surface area (Å²) in [5.74, 6) is 0.492. The van der Waals surface area contributed by atoms with Crippen LogP contribution in [0.1, 0.15) is 37.3 Å². The molecule has 0 bridgehead atoms. The van der Waals surface area contributed by atoms with Crippen molar-refractivity contribution in [1.82, 2.24) is 10.2 Å². The molecule has 0 unspecified atom stereocenters. The van der Waals surface area contributed by atoms with E-state index in [0.717, 1.165) is 16.7 Å². The molecule has 3 rings (SSSR count). The molecule has 0 radical (unpaired) electrons. The minimum absolute atomic E-state index is 0.0723. The number of hydrogen-bond acceptors (Lipinski definition) is 5. The number of carbonyl (C=O) groups excluding carboxylic acids is 2. The van der Waals surface area contributed by atoms with Gasteiger partial charge in [0.1, 0.15) is 0 Å². The summed E-state index contributed by atoms with van der Waals surface area (Å²) in [6.45, 7) is 7.56. The summed E-state index contributed by atoms with van der Waals surface area (Å²) >= 11 is 0. The lowest BCUT2D eigenvalue weighted by Gasteiger charge is -2.12. The number of anilines is 2. The molecule has 0 aliphatic rings. The smallest absolute Gasteiger partial charge is 0.247 e. The first kappa shape index (κ1) is 21.2. The minimum Gasteiger partial charge on any atom is -0.421 e. The fraction of sp³-hybridized carbons (Fsp3) is 0.304. The quantitative estimate of drug-likeness (QED) is 0.601. The number of benzene rings is 2. The maximum Gasteiger partial charge on any atom is 0.247 e. The van der Waals surface area contributed by atoms with E-state index < -0.39 is 0 Å². The van der Waals surface area contributed by atoms with Crippen LogP contribution in [0.3, 0.4) is 0 Å². The predicted molar refractivity (Wildman–Crippen MR) is 116 cm³/mol. The Morgan fingerprint density at radius 2 is 1.73 bits per heavy atom. The third kappa shape index (κ3) is 5.53. The maximum atomic E-state index is 12.4. The van der Waals surface area contributed by atoms with Crippen LogP contribution in [0.5, 0.6) is 0 Å². The largest absolute Gasteiger partial charge is 0.421 e. The van der Waals surface area contributed by atoms with Crippen molar-refractivity contribution >= 4 is 23.2 Å². The van der Waals surface area contributed by atoms with Crippen molar-refractivity contribution in [2.24, 2.45) is 5.92 Å². The van der Waals surface area contributed by atoms with Crippen molar-refractivity contribution in [3.05, 3.63) is 59.5 Å². The van der Waals surface area contributed by atoms with Gasteiger partial charge in [-0.25, -0.2) is 0 Å². The molecular weight excluding hydrogens is 380 g/mol. The van der Waals surface area contributed by atoms with Gasteiger partial charge in [-0.3, -0.25) is 9.59 Å². The number of nitrogens with one attached hydrogen (secondary N) is 2. The predicted octanol–water partition coefficient (Wildman–Crippen LogP) is 4.52. The number of amides is 2. The second-order valence-corrected chi connectivity index (χ2v) is 7.59. The van der Waals surface area contributed by atoms with E-state index in [0.29, 0.717) is 29.6 Å². The summed E-state index contributed by atoms with van der Waals surface area (Å²) in [5.41, 5.74) is 4.21. The van der Waals surface area contributed by atoms with Gasteiger partial charge in [-0.1, -0.05) is 37.6 Å². The maximum absolute atomic E-state index is 12.4. The Kier molecular flexibility index (Phi) is 6.61. The van der Waals surface area contributed by atoms with Gasteiger partial charge in [0.25, 0.3) is 0 Å². The van der Waals surface area contributed by atoms with E-state index in [-0.39, 0.29) is 24.2 Å². The third-order valence-corrected chi connectivity index (χ3v) is 4.63. The molecule has 2 N–H and O–H groups in total.